The molecule has 1 saturated heterocycles. The smallest absolute Gasteiger partial charge is 0.129 e. The van der Waals surface area contributed by atoms with E-state index < -0.39 is 0 Å². The standard InChI is InChI=1S/C17H29N3O/c1-5-7-16-8-15(10-18-6-2)9-17(19-16)20-11-13(3)21-14(4)12-20/h8-9,13-14,18H,5-7,10-12H2,1-4H3/t13-,14+. The van der Waals surface area contributed by atoms with Crippen molar-refractivity contribution in [3.8, 4) is 0 Å². The van der Waals surface area contributed by atoms with E-state index in [4.69, 9.17) is 9.72 Å². The van der Waals surface area contributed by atoms with Crippen LogP contribution in [-0.2, 0) is 17.7 Å². The zero-order valence-corrected chi connectivity index (χ0v) is 13.9. The average molecular weight is 291 g/mol. The van der Waals surface area contributed by atoms with Crippen LogP contribution in [0.4, 0.5) is 5.82 Å². The summed E-state index contributed by atoms with van der Waals surface area (Å²) in [4.78, 5) is 7.23. The van der Waals surface area contributed by atoms with Gasteiger partial charge < -0.3 is 15.0 Å². The summed E-state index contributed by atoms with van der Waals surface area (Å²) in [6, 6.07) is 4.47. The lowest BCUT2D eigenvalue weighted by atomic mass is 10.1. The monoisotopic (exact) mass is 291 g/mol. The summed E-state index contributed by atoms with van der Waals surface area (Å²) >= 11 is 0. The van der Waals surface area contributed by atoms with Gasteiger partial charge in [-0.1, -0.05) is 20.3 Å². The van der Waals surface area contributed by atoms with Gasteiger partial charge in [-0.05, 0) is 44.5 Å². The van der Waals surface area contributed by atoms with E-state index in [1.54, 1.807) is 0 Å². The lowest BCUT2D eigenvalue weighted by molar-refractivity contribution is -0.00547. The Balaban J connectivity index is 2.21. The van der Waals surface area contributed by atoms with E-state index in [1.807, 2.05) is 0 Å². The summed E-state index contributed by atoms with van der Waals surface area (Å²) in [5.41, 5.74) is 2.53. The molecule has 0 saturated carbocycles. The van der Waals surface area contributed by atoms with E-state index in [9.17, 15) is 0 Å². The molecule has 1 aromatic heterocycles. The van der Waals surface area contributed by atoms with Crippen LogP contribution in [0.5, 0.6) is 0 Å². The number of nitrogens with zero attached hydrogens (tertiary/aromatic N) is 2. The third kappa shape index (κ3) is 4.68. The number of ether oxygens (including phenoxy) is 1. The highest BCUT2D eigenvalue weighted by molar-refractivity contribution is 5.43. The van der Waals surface area contributed by atoms with Crippen LogP contribution < -0.4 is 10.2 Å². The molecular weight excluding hydrogens is 262 g/mol. The molecule has 1 aliphatic rings. The fourth-order valence-corrected chi connectivity index (χ4v) is 2.92. The highest BCUT2D eigenvalue weighted by atomic mass is 16.5. The van der Waals surface area contributed by atoms with Gasteiger partial charge in [-0.2, -0.15) is 0 Å². The summed E-state index contributed by atoms with van der Waals surface area (Å²) in [6.45, 7) is 12.4. The molecule has 2 rings (SSSR count). The van der Waals surface area contributed by atoms with E-state index in [0.717, 1.165) is 44.8 Å². The van der Waals surface area contributed by atoms with Gasteiger partial charge in [0.25, 0.3) is 0 Å². The van der Waals surface area contributed by atoms with Crippen LogP contribution in [0, 0.1) is 0 Å². The van der Waals surface area contributed by atoms with Crippen molar-refractivity contribution in [3.63, 3.8) is 0 Å². The number of pyridine rings is 1. The molecule has 0 aliphatic carbocycles. The molecule has 1 fully saturated rings. The maximum Gasteiger partial charge on any atom is 0.129 e. The Morgan fingerprint density at radius 1 is 1.24 bits per heavy atom. The molecule has 0 unspecified atom stereocenters. The third-order valence-corrected chi connectivity index (χ3v) is 3.75. The maximum atomic E-state index is 5.83. The number of anilines is 1. The number of nitrogens with one attached hydrogen (secondary N) is 1. The summed E-state index contributed by atoms with van der Waals surface area (Å²) in [5.74, 6) is 1.11. The number of hydrogen-bond acceptors (Lipinski definition) is 4. The van der Waals surface area contributed by atoms with Crippen molar-refractivity contribution >= 4 is 5.82 Å². The van der Waals surface area contributed by atoms with Gasteiger partial charge >= 0.3 is 0 Å². The van der Waals surface area contributed by atoms with E-state index >= 15 is 0 Å². The Kier molecular flexibility index (Phi) is 6.00. The van der Waals surface area contributed by atoms with Gasteiger partial charge in [-0.25, -0.2) is 4.98 Å². The van der Waals surface area contributed by atoms with Gasteiger partial charge in [0.1, 0.15) is 5.82 Å². The molecule has 4 nitrogen and oxygen atoms in total. The number of morpholine rings is 1. The maximum absolute atomic E-state index is 5.83. The summed E-state index contributed by atoms with van der Waals surface area (Å²) in [7, 11) is 0. The second-order valence-electron chi connectivity index (χ2n) is 6.02. The molecule has 0 aromatic carbocycles. The van der Waals surface area contributed by atoms with Crippen molar-refractivity contribution in [2.24, 2.45) is 0 Å². The highest BCUT2D eigenvalue weighted by Gasteiger charge is 2.23. The molecule has 21 heavy (non-hydrogen) atoms. The largest absolute Gasteiger partial charge is 0.372 e. The fraction of sp³-hybridized carbons (Fsp3) is 0.706. The summed E-state index contributed by atoms with van der Waals surface area (Å²) in [6.07, 6.45) is 2.71. The first kappa shape index (κ1) is 16.2. The van der Waals surface area contributed by atoms with Crippen molar-refractivity contribution < 1.29 is 4.74 Å². The molecule has 0 spiro atoms. The van der Waals surface area contributed by atoms with Gasteiger partial charge in [0.05, 0.1) is 12.2 Å². The minimum absolute atomic E-state index is 0.266. The Bertz CT molecular complexity index is 440. The van der Waals surface area contributed by atoms with E-state index in [1.165, 1.54) is 11.3 Å². The van der Waals surface area contributed by atoms with Gasteiger partial charge in [0, 0.05) is 25.3 Å². The van der Waals surface area contributed by atoms with Gasteiger partial charge in [-0.15, -0.1) is 0 Å². The van der Waals surface area contributed by atoms with Crippen molar-refractivity contribution in [2.45, 2.75) is 59.3 Å². The molecule has 0 radical (unpaired) electrons. The Labute approximate surface area is 128 Å². The highest BCUT2D eigenvalue weighted by Crippen LogP contribution is 2.21. The molecule has 2 heterocycles. The van der Waals surface area contributed by atoms with Crippen molar-refractivity contribution in [1.82, 2.24) is 10.3 Å². The lowest BCUT2D eigenvalue weighted by Crippen LogP contribution is -2.46. The molecule has 1 aliphatic heterocycles. The molecule has 1 N–H and O–H groups in total. The van der Waals surface area contributed by atoms with Gasteiger partial charge in [-0.3, -0.25) is 0 Å². The quantitative estimate of drug-likeness (QED) is 0.874. The average Bonchev–Trinajstić information content (AvgIpc) is 2.44. The zero-order valence-electron chi connectivity index (χ0n) is 13.9. The van der Waals surface area contributed by atoms with Crippen LogP contribution in [0.3, 0.4) is 0 Å². The number of rotatable bonds is 6. The molecule has 4 heteroatoms. The lowest BCUT2D eigenvalue weighted by Gasteiger charge is -2.36. The van der Waals surface area contributed by atoms with E-state index in [2.05, 4.69) is 50.0 Å². The van der Waals surface area contributed by atoms with Crippen LogP contribution in [0.2, 0.25) is 0 Å². The minimum atomic E-state index is 0.266. The third-order valence-electron chi connectivity index (χ3n) is 3.75. The first-order valence-electron chi connectivity index (χ1n) is 8.23. The topological polar surface area (TPSA) is 37.4 Å². The van der Waals surface area contributed by atoms with Crippen LogP contribution in [0.15, 0.2) is 12.1 Å². The number of aryl methyl sites for hydroxylation is 1. The number of hydrogen-bond donors (Lipinski definition) is 1. The van der Waals surface area contributed by atoms with Crippen LogP contribution in [-0.4, -0.2) is 36.8 Å². The predicted molar refractivity (Wildman–Crippen MR) is 87.8 cm³/mol. The molecule has 118 valence electrons. The zero-order chi connectivity index (χ0) is 15.2. The second kappa shape index (κ2) is 7.76. The van der Waals surface area contributed by atoms with E-state index in [-0.39, 0.29) is 12.2 Å². The molecule has 0 amide bonds. The normalized spacial score (nSPS) is 22.6. The SMILES string of the molecule is CCCc1cc(CNCC)cc(N2C[C@@H](C)O[C@@H](C)C2)n1. The van der Waals surface area contributed by atoms with Crippen LogP contribution >= 0.6 is 0 Å². The summed E-state index contributed by atoms with van der Waals surface area (Å²) in [5, 5.41) is 3.41. The first-order chi connectivity index (χ1) is 10.1. The molecule has 0 bridgehead atoms. The summed E-state index contributed by atoms with van der Waals surface area (Å²) < 4.78 is 5.83. The van der Waals surface area contributed by atoms with Gasteiger partial charge in [0.15, 0.2) is 0 Å². The molecule has 2 atom stereocenters. The van der Waals surface area contributed by atoms with Gasteiger partial charge in [0.2, 0.25) is 0 Å². The molecular formula is C17H29N3O. The predicted octanol–water partition coefficient (Wildman–Crippen LogP) is 2.76. The fourth-order valence-electron chi connectivity index (χ4n) is 2.92. The Hall–Kier alpha value is -1.13. The Morgan fingerprint density at radius 2 is 1.95 bits per heavy atom. The van der Waals surface area contributed by atoms with E-state index in [0.29, 0.717) is 0 Å². The first-order valence-corrected chi connectivity index (χ1v) is 8.23. The van der Waals surface area contributed by atoms with Crippen LogP contribution in [0.25, 0.3) is 0 Å². The second-order valence-corrected chi connectivity index (χ2v) is 6.02. The molecule has 1 aromatic rings. The van der Waals surface area contributed by atoms with Crippen LogP contribution in [0.1, 0.15) is 45.4 Å². The Morgan fingerprint density at radius 3 is 2.57 bits per heavy atom. The minimum Gasteiger partial charge on any atom is -0.372 e. The number of aromatic nitrogens is 1. The van der Waals surface area contributed by atoms with Crippen molar-refractivity contribution in [3.05, 3.63) is 23.4 Å². The van der Waals surface area contributed by atoms with Crippen molar-refractivity contribution in [1.29, 1.82) is 0 Å². The van der Waals surface area contributed by atoms with Crippen molar-refractivity contribution in [2.75, 3.05) is 24.5 Å².